The SMILES string of the molecule is COc1ccc(C(N)CNC(=O)OC(C)(C)C)c(F)c1. The zero-order valence-electron chi connectivity index (χ0n) is 12.2. The zero-order valence-corrected chi connectivity index (χ0v) is 12.2. The van der Waals surface area contributed by atoms with Gasteiger partial charge in [-0.05, 0) is 26.8 Å². The average molecular weight is 284 g/mol. The highest BCUT2D eigenvalue weighted by Crippen LogP contribution is 2.20. The summed E-state index contributed by atoms with van der Waals surface area (Å²) in [6.45, 7) is 5.36. The fourth-order valence-electron chi connectivity index (χ4n) is 1.55. The van der Waals surface area contributed by atoms with Crippen molar-refractivity contribution in [1.29, 1.82) is 0 Å². The molecule has 0 bridgehead atoms. The van der Waals surface area contributed by atoms with Gasteiger partial charge in [0, 0.05) is 18.2 Å². The minimum absolute atomic E-state index is 0.0815. The molecule has 1 atom stereocenters. The highest BCUT2D eigenvalue weighted by molar-refractivity contribution is 5.67. The lowest BCUT2D eigenvalue weighted by molar-refractivity contribution is 0.0524. The Hall–Kier alpha value is -1.82. The first-order valence-corrected chi connectivity index (χ1v) is 6.29. The molecule has 1 amide bonds. The maximum Gasteiger partial charge on any atom is 0.407 e. The van der Waals surface area contributed by atoms with E-state index >= 15 is 0 Å². The molecule has 112 valence electrons. The number of halogens is 1. The molecule has 0 saturated heterocycles. The molecule has 6 heteroatoms. The Balaban J connectivity index is 2.59. The van der Waals surface area contributed by atoms with E-state index in [4.69, 9.17) is 15.2 Å². The Morgan fingerprint density at radius 2 is 2.10 bits per heavy atom. The highest BCUT2D eigenvalue weighted by Gasteiger charge is 2.18. The summed E-state index contributed by atoms with van der Waals surface area (Å²) in [5.41, 5.74) is 5.57. The molecule has 0 fully saturated rings. The monoisotopic (exact) mass is 284 g/mol. The van der Waals surface area contributed by atoms with Gasteiger partial charge >= 0.3 is 6.09 Å². The Kier molecular flexibility index (Phi) is 5.33. The number of nitrogens with two attached hydrogens (primary N) is 1. The number of nitrogens with one attached hydrogen (secondary N) is 1. The first-order valence-electron chi connectivity index (χ1n) is 6.29. The van der Waals surface area contributed by atoms with E-state index in [9.17, 15) is 9.18 Å². The Morgan fingerprint density at radius 1 is 1.45 bits per heavy atom. The molecule has 0 spiro atoms. The first-order chi connectivity index (χ1) is 9.23. The Labute approximate surface area is 118 Å². The van der Waals surface area contributed by atoms with Gasteiger partial charge in [-0.3, -0.25) is 0 Å². The molecule has 0 heterocycles. The lowest BCUT2D eigenvalue weighted by atomic mass is 10.1. The van der Waals surface area contributed by atoms with Gasteiger partial charge in [0.25, 0.3) is 0 Å². The normalized spacial score (nSPS) is 12.7. The number of methoxy groups -OCH3 is 1. The number of alkyl carbamates (subject to hydrolysis) is 1. The molecule has 3 N–H and O–H groups in total. The number of hydrogen-bond donors (Lipinski definition) is 2. The van der Waals surface area contributed by atoms with Crippen LogP contribution in [-0.2, 0) is 4.74 Å². The van der Waals surface area contributed by atoms with Crippen LogP contribution in [0.4, 0.5) is 9.18 Å². The van der Waals surface area contributed by atoms with Crippen LogP contribution < -0.4 is 15.8 Å². The molecule has 5 nitrogen and oxygen atoms in total. The Morgan fingerprint density at radius 3 is 2.60 bits per heavy atom. The molecule has 20 heavy (non-hydrogen) atoms. The van der Waals surface area contributed by atoms with Crippen LogP contribution in [0.15, 0.2) is 18.2 Å². The van der Waals surface area contributed by atoms with Crippen LogP contribution in [0.2, 0.25) is 0 Å². The van der Waals surface area contributed by atoms with Gasteiger partial charge in [0.05, 0.1) is 13.2 Å². The van der Waals surface area contributed by atoms with Crippen molar-refractivity contribution in [2.24, 2.45) is 5.73 Å². The van der Waals surface area contributed by atoms with Gasteiger partial charge in [-0.15, -0.1) is 0 Å². The van der Waals surface area contributed by atoms with Crippen molar-refractivity contribution >= 4 is 6.09 Å². The van der Waals surface area contributed by atoms with E-state index in [-0.39, 0.29) is 6.54 Å². The molecule has 0 aromatic heterocycles. The molecule has 0 aliphatic carbocycles. The van der Waals surface area contributed by atoms with Gasteiger partial charge in [-0.2, -0.15) is 0 Å². The maximum atomic E-state index is 13.8. The number of hydrogen-bond acceptors (Lipinski definition) is 4. The maximum absolute atomic E-state index is 13.8. The molecule has 1 aromatic carbocycles. The number of carbonyl (C=O) groups excluding carboxylic acids is 1. The van der Waals surface area contributed by atoms with Gasteiger partial charge < -0.3 is 20.5 Å². The van der Waals surface area contributed by atoms with Crippen molar-refractivity contribution in [2.45, 2.75) is 32.4 Å². The predicted molar refractivity (Wildman–Crippen MR) is 74.1 cm³/mol. The third-order valence-electron chi connectivity index (χ3n) is 2.47. The van der Waals surface area contributed by atoms with Crippen LogP contribution >= 0.6 is 0 Å². The van der Waals surface area contributed by atoms with Crippen molar-refractivity contribution < 1.29 is 18.7 Å². The lowest BCUT2D eigenvalue weighted by Gasteiger charge is -2.21. The second-order valence-electron chi connectivity index (χ2n) is 5.38. The molecule has 1 aromatic rings. The largest absolute Gasteiger partial charge is 0.497 e. The summed E-state index contributed by atoms with van der Waals surface area (Å²) in [7, 11) is 1.46. The quantitative estimate of drug-likeness (QED) is 0.890. The van der Waals surface area contributed by atoms with Crippen LogP contribution in [0.3, 0.4) is 0 Å². The van der Waals surface area contributed by atoms with Crippen LogP contribution in [0.5, 0.6) is 5.75 Å². The van der Waals surface area contributed by atoms with E-state index in [0.717, 1.165) is 0 Å². The molecular weight excluding hydrogens is 263 g/mol. The average Bonchev–Trinajstić information content (AvgIpc) is 2.33. The lowest BCUT2D eigenvalue weighted by Crippen LogP contribution is -2.36. The minimum atomic E-state index is -0.659. The highest BCUT2D eigenvalue weighted by atomic mass is 19.1. The molecule has 1 unspecified atom stereocenters. The van der Waals surface area contributed by atoms with Gasteiger partial charge in [-0.1, -0.05) is 6.07 Å². The summed E-state index contributed by atoms with van der Waals surface area (Å²) < 4.78 is 23.8. The van der Waals surface area contributed by atoms with Gasteiger partial charge in [0.15, 0.2) is 0 Å². The van der Waals surface area contributed by atoms with E-state index in [2.05, 4.69) is 5.32 Å². The molecular formula is C14H21FN2O3. The third kappa shape index (κ3) is 5.05. The number of amides is 1. The summed E-state index contributed by atoms with van der Waals surface area (Å²) >= 11 is 0. The van der Waals surface area contributed by atoms with Crippen molar-refractivity contribution in [3.8, 4) is 5.75 Å². The van der Waals surface area contributed by atoms with E-state index in [1.165, 1.54) is 19.2 Å². The summed E-state index contributed by atoms with van der Waals surface area (Å²) in [6.07, 6.45) is -0.582. The standard InChI is InChI=1S/C14H21FN2O3/c1-14(2,3)20-13(18)17-8-12(16)10-6-5-9(19-4)7-11(10)15/h5-7,12H,8,16H2,1-4H3,(H,17,18). The Bertz CT molecular complexity index is 472. The fourth-order valence-corrected chi connectivity index (χ4v) is 1.55. The van der Waals surface area contributed by atoms with E-state index in [1.54, 1.807) is 26.8 Å². The first kappa shape index (κ1) is 16.2. The topological polar surface area (TPSA) is 73.6 Å². The molecule has 0 radical (unpaired) electrons. The molecule has 0 aliphatic heterocycles. The van der Waals surface area contributed by atoms with Crippen LogP contribution in [0.25, 0.3) is 0 Å². The second kappa shape index (κ2) is 6.56. The molecule has 1 rings (SSSR count). The summed E-state index contributed by atoms with van der Waals surface area (Å²) in [5.74, 6) is -0.0543. The van der Waals surface area contributed by atoms with Crippen molar-refractivity contribution in [2.75, 3.05) is 13.7 Å². The smallest absolute Gasteiger partial charge is 0.407 e. The predicted octanol–water partition coefficient (Wildman–Crippen LogP) is 2.36. The molecule has 0 aliphatic rings. The summed E-state index contributed by atoms with van der Waals surface area (Å²) in [6, 6.07) is 3.75. The van der Waals surface area contributed by atoms with Crippen LogP contribution in [0.1, 0.15) is 32.4 Å². The van der Waals surface area contributed by atoms with Crippen molar-refractivity contribution in [3.63, 3.8) is 0 Å². The minimum Gasteiger partial charge on any atom is -0.497 e. The summed E-state index contributed by atoms with van der Waals surface area (Å²) in [4.78, 5) is 11.5. The van der Waals surface area contributed by atoms with Crippen LogP contribution in [0, 0.1) is 5.82 Å². The number of benzene rings is 1. The number of carbonyl (C=O) groups is 1. The van der Waals surface area contributed by atoms with Crippen molar-refractivity contribution in [3.05, 3.63) is 29.6 Å². The van der Waals surface area contributed by atoms with Crippen molar-refractivity contribution in [1.82, 2.24) is 5.32 Å². The second-order valence-corrected chi connectivity index (χ2v) is 5.38. The number of ether oxygens (including phenoxy) is 2. The van der Waals surface area contributed by atoms with E-state index < -0.39 is 23.6 Å². The van der Waals surface area contributed by atoms with Gasteiger partial charge in [0.1, 0.15) is 17.2 Å². The van der Waals surface area contributed by atoms with Crippen LogP contribution in [-0.4, -0.2) is 25.3 Å². The summed E-state index contributed by atoms with van der Waals surface area (Å²) in [5, 5.41) is 2.51. The van der Waals surface area contributed by atoms with E-state index in [1.807, 2.05) is 0 Å². The van der Waals surface area contributed by atoms with Gasteiger partial charge in [-0.25, -0.2) is 9.18 Å². The fraction of sp³-hybridized carbons (Fsp3) is 0.500. The molecule has 0 saturated carbocycles. The number of rotatable bonds is 4. The van der Waals surface area contributed by atoms with E-state index in [0.29, 0.717) is 11.3 Å². The zero-order chi connectivity index (χ0) is 15.3. The third-order valence-corrected chi connectivity index (χ3v) is 2.47. The van der Waals surface area contributed by atoms with Gasteiger partial charge in [0.2, 0.25) is 0 Å².